The molecule has 16 aromatic rings. The van der Waals surface area contributed by atoms with Gasteiger partial charge >= 0.3 is 0 Å². The molecule has 4 aromatic heterocycles. The first-order chi connectivity index (χ1) is 51.2. The molecule has 16 rings (SSSR count). The molecule has 0 amide bonds. The van der Waals surface area contributed by atoms with Crippen molar-refractivity contribution in [1.29, 1.82) is 21.0 Å². The molecule has 8 nitrogen and oxygen atoms in total. The maximum atomic E-state index is 11.5. The molecular weight excluding hydrogens is 1310 g/mol. The van der Waals surface area contributed by atoms with Crippen LogP contribution in [0.15, 0.2) is 218 Å². The predicted molar refractivity (Wildman–Crippen MR) is 451 cm³/mol. The van der Waals surface area contributed by atoms with E-state index in [1.54, 1.807) is 0 Å². The van der Waals surface area contributed by atoms with E-state index < -0.39 is 0 Å². The smallest absolute Gasteiger partial charge is 0.0998 e. The van der Waals surface area contributed by atoms with Gasteiger partial charge in [-0.25, -0.2) is 0 Å². The fraction of sp³-hybridized carbons (Fsp3) is 0.240. The van der Waals surface area contributed by atoms with Crippen molar-refractivity contribution in [3.05, 3.63) is 274 Å². The Labute approximate surface area is 634 Å². The van der Waals surface area contributed by atoms with Crippen LogP contribution >= 0.6 is 0 Å². The van der Waals surface area contributed by atoms with Crippen LogP contribution < -0.4 is 0 Å². The number of para-hydroxylation sites is 2. The fourth-order valence-electron chi connectivity index (χ4n) is 16.5. The van der Waals surface area contributed by atoms with E-state index in [4.69, 9.17) is 0 Å². The van der Waals surface area contributed by atoms with E-state index >= 15 is 0 Å². The van der Waals surface area contributed by atoms with Crippen LogP contribution in [-0.4, -0.2) is 18.3 Å². The van der Waals surface area contributed by atoms with E-state index in [-0.39, 0.29) is 32.5 Å². The van der Waals surface area contributed by atoms with Crippen LogP contribution in [0.25, 0.3) is 143 Å². The van der Waals surface area contributed by atoms with Gasteiger partial charge in [-0.2, -0.15) is 21.0 Å². The Balaban J connectivity index is 0.874. The Morgan fingerprint density at radius 3 is 0.750 bits per heavy atom. The van der Waals surface area contributed by atoms with Crippen molar-refractivity contribution < 1.29 is 0 Å². The van der Waals surface area contributed by atoms with Gasteiger partial charge in [0.1, 0.15) is 0 Å². The van der Waals surface area contributed by atoms with Crippen LogP contribution in [0.3, 0.4) is 0 Å². The Morgan fingerprint density at radius 2 is 0.435 bits per heavy atom. The zero-order valence-electron chi connectivity index (χ0n) is 65.4. The first-order valence-electron chi connectivity index (χ1n) is 37.7. The number of rotatable bonds is 7. The number of fused-ring (bicyclic) bond motifs is 12. The van der Waals surface area contributed by atoms with Gasteiger partial charge in [0.15, 0.2) is 0 Å². The molecule has 0 aliphatic rings. The molecule has 4 heterocycles. The molecule has 0 atom stereocenters. The van der Waals surface area contributed by atoms with Crippen LogP contribution in [0.2, 0.25) is 0 Å². The third-order valence-corrected chi connectivity index (χ3v) is 22.7. The Hall–Kier alpha value is -12.2. The van der Waals surface area contributed by atoms with Gasteiger partial charge in [0.2, 0.25) is 0 Å². The maximum Gasteiger partial charge on any atom is 0.0998 e. The summed E-state index contributed by atoms with van der Waals surface area (Å²) in [4.78, 5) is 0. The highest BCUT2D eigenvalue weighted by atomic mass is 15.0. The van der Waals surface area contributed by atoms with Crippen LogP contribution in [0.4, 0.5) is 0 Å². The van der Waals surface area contributed by atoms with E-state index in [1.165, 1.54) is 22.3 Å². The van der Waals surface area contributed by atoms with Crippen LogP contribution in [0, 0.1) is 45.3 Å². The van der Waals surface area contributed by atoms with Crippen LogP contribution in [0.5, 0.6) is 0 Å². The second kappa shape index (κ2) is 24.7. The van der Waals surface area contributed by atoms with E-state index in [1.807, 2.05) is 48.5 Å². The molecule has 0 spiro atoms. The zero-order valence-corrected chi connectivity index (χ0v) is 65.4. The van der Waals surface area contributed by atoms with Gasteiger partial charge in [-0.05, 0) is 186 Å². The van der Waals surface area contributed by atoms with Crippen molar-refractivity contribution in [3.63, 3.8) is 0 Å². The first kappa shape index (κ1) is 70.1. The minimum absolute atomic E-state index is 0.0719. The Bertz CT molecular complexity index is 6640. The summed E-state index contributed by atoms with van der Waals surface area (Å²) in [6, 6.07) is 88.8. The highest BCUT2D eigenvalue weighted by Crippen LogP contribution is 2.50. The number of nitrogens with zero attached hydrogens (tertiary/aromatic N) is 8. The predicted octanol–water partition coefficient (Wildman–Crippen LogP) is 26.3. The number of nitriles is 4. The summed E-state index contributed by atoms with van der Waals surface area (Å²) in [7, 11) is 0. The molecule has 0 aliphatic carbocycles. The molecule has 12 aromatic carbocycles. The molecule has 530 valence electrons. The third-order valence-electron chi connectivity index (χ3n) is 22.7. The average Bonchev–Trinajstić information content (AvgIpc) is 1.54. The highest BCUT2D eigenvalue weighted by Gasteiger charge is 2.31. The zero-order chi connectivity index (χ0) is 76.4. The monoisotopic (exact) mass is 1400 g/mol. The second-order valence-corrected chi connectivity index (χ2v) is 36.0. The summed E-state index contributed by atoms with van der Waals surface area (Å²) < 4.78 is 9.28. The van der Waals surface area contributed by atoms with E-state index in [0.29, 0.717) is 44.5 Å². The van der Waals surface area contributed by atoms with Crippen molar-refractivity contribution in [2.75, 3.05) is 0 Å². The van der Waals surface area contributed by atoms with Crippen LogP contribution in [-0.2, 0) is 32.5 Å². The van der Waals surface area contributed by atoms with Gasteiger partial charge in [0.25, 0.3) is 0 Å². The molecule has 0 fully saturated rings. The lowest BCUT2D eigenvalue weighted by Crippen LogP contribution is -2.12. The van der Waals surface area contributed by atoms with Crippen molar-refractivity contribution >= 4 is 87.2 Å². The number of benzene rings is 12. The Morgan fingerprint density at radius 1 is 0.204 bits per heavy atom. The van der Waals surface area contributed by atoms with Crippen LogP contribution in [0.1, 0.15) is 180 Å². The van der Waals surface area contributed by atoms with E-state index in [2.05, 4.69) is 337 Å². The van der Waals surface area contributed by atoms with Gasteiger partial charge in [-0.15, -0.1) is 0 Å². The van der Waals surface area contributed by atoms with Gasteiger partial charge in [-0.3, -0.25) is 0 Å². The van der Waals surface area contributed by atoms with Gasteiger partial charge in [0.05, 0.1) is 90.7 Å². The van der Waals surface area contributed by atoms with E-state index in [0.717, 1.165) is 132 Å². The van der Waals surface area contributed by atoms with Crippen molar-refractivity contribution in [2.45, 2.75) is 157 Å². The standard InChI is InChI=1S/C100H90N8/c1-95(2,3)63-27-35-78-77-23-19-21-25-85(77)105(87(78)49-63)69-31-39-73(59(43-69)55-101)74-40-32-70(44-60(74)56-102)106-86-26-22-20-24-81(86)93-83(47-67(53-91(93)106)99(13,14)15)84-48-68(100(16,17)18)54-92-94(84)82-38-30-66(98(10,11)12)52-90(82)108(92)72-34-42-76(62(46-72)58-104)75-41-33-71(45-61(75)57-103)107-88-50-64(96(4,5)6)28-36-79(88)80-37-29-65(51-89(80)107)97(7,8)9/h19-54H,1-18H3. The summed E-state index contributed by atoms with van der Waals surface area (Å²) in [5.74, 6) is 0. The molecule has 0 radical (unpaired) electrons. The molecule has 0 bridgehead atoms. The molecule has 0 unspecified atom stereocenters. The molecule has 108 heavy (non-hydrogen) atoms. The highest BCUT2D eigenvalue weighted by molar-refractivity contribution is 6.23. The largest absolute Gasteiger partial charge is 0.309 e. The van der Waals surface area contributed by atoms with E-state index in [9.17, 15) is 21.0 Å². The van der Waals surface area contributed by atoms with Crippen molar-refractivity contribution in [2.24, 2.45) is 0 Å². The maximum absolute atomic E-state index is 11.5. The average molecular weight is 1400 g/mol. The Kier molecular flexibility index (Phi) is 16.0. The summed E-state index contributed by atoms with van der Waals surface area (Å²) in [5.41, 5.74) is 24.6. The fourth-order valence-corrected chi connectivity index (χ4v) is 16.5. The van der Waals surface area contributed by atoms with Gasteiger partial charge < -0.3 is 18.3 Å². The number of aromatic nitrogens is 4. The normalized spacial score (nSPS) is 12.7. The SMILES string of the molecule is CC(C)(C)c1ccc2c3ccccc3n(-c3ccc(-c4ccc(-n5c6ccccc6c6c(-c7cc(C(C)(C)C)cc8c7c7ccc(C(C)(C)C)cc7n8-c7ccc(-c8ccc(-n9c%10cc(C(C)(C)C)ccc%10c%10ccc(C(C)(C)C)cc%109)cc8C#N)c(C#N)c7)cc(C(C)(C)C)cc65)cc4C#N)c(C#N)c3)c2c1. The minimum Gasteiger partial charge on any atom is -0.309 e. The summed E-state index contributed by atoms with van der Waals surface area (Å²) in [6.45, 7) is 40.6. The summed E-state index contributed by atoms with van der Waals surface area (Å²) in [6.07, 6.45) is 0. The molecule has 0 aliphatic heterocycles. The van der Waals surface area contributed by atoms with Gasteiger partial charge in [0, 0.05) is 88.1 Å². The number of hydrogen-bond acceptors (Lipinski definition) is 4. The van der Waals surface area contributed by atoms with Crippen molar-refractivity contribution in [1.82, 2.24) is 18.3 Å². The molecular formula is C100H90N8. The lowest BCUT2D eigenvalue weighted by atomic mass is 9.81. The molecule has 0 saturated carbocycles. The molecule has 0 saturated heterocycles. The summed E-state index contributed by atoms with van der Waals surface area (Å²) in [5, 5.41) is 54.2. The second-order valence-electron chi connectivity index (χ2n) is 36.0. The third kappa shape index (κ3) is 11.4. The lowest BCUT2D eigenvalue weighted by Gasteiger charge is -2.24. The quantitative estimate of drug-likeness (QED) is 0.158. The first-order valence-corrected chi connectivity index (χ1v) is 37.7. The van der Waals surface area contributed by atoms with Crippen molar-refractivity contribution in [3.8, 4) is 80.4 Å². The molecule has 8 heteroatoms. The number of hydrogen-bond donors (Lipinski definition) is 0. The lowest BCUT2D eigenvalue weighted by molar-refractivity contribution is 0.590. The summed E-state index contributed by atoms with van der Waals surface area (Å²) >= 11 is 0. The minimum atomic E-state index is -0.317. The molecule has 0 N–H and O–H groups in total. The van der Waals surface area contributed by atoms with Gasteiger partial charge in [-0.1, -0.05) is 234 Å². The topological polar surface area (TPSA) is 115 Å².